The molecule has 2 aromatic carbocycles. The lowest BCUT2D eigenvalue weighted by Crippen LogP contribution is -2.35. The molecular weight excluding hydrogens is 326 g/mol. The minimum Gasteiger partial charge on any atom is -0.343 e. The minimum absolute atomic E-state index is 0.185. The van der Waals surface area contributed by atoms with E-state index in [4.69, 9.17) is 0 Å². The van der Waals surface area contributed by atoms with Gasteiger partial charge in [0.15, 0.2) is 0 Å². The van der Waals surface area contributed by atoms with E-state index in [2.05, 4.69) is 16.7 Å². The first-order valence-electron chi connectivity index (χ1n) is 8.73. The predicted molar refractivity (Wildman–Crippen MR) is 101 cm³/mol. The van der Waals surface area contributed by atoms with Crippen molar-refractivity contribution in [1.29, 1.82) is 0 Å². The van der Waals surface area contributed by atoms with Crippen molar-refractivity contribution in [3.8, 4) is 0 Å². The molecule has 0 fully saturated rings. The number of benzene rings is 2. The van der Waals surface area contributed by atoms with Crippen molar-refractivity contribution in [2.75, 3.05) is 27.2 Å². The van der Waals surface area contributed by atoms with Gasteiger partial charge in [0.1, 0.15) is 0 Å². The van der Waals surface area contributed by atoms with E-state index in [1.807, 2.05) is 55.5 Å². The van der Waals surface area contributed by atoms with Crippen LogP contribution in [0.2, 0.25) is 0 Å². The van der Waals surface area contributed by atoms with E-state index in [9.17, 15) is 9.59 Å². The smallest absolute Gasteiger partial charge is 0.262 e. The molecule has 0 saturated carbocycles. The molecule has 0 radical (unpaired) electrons. The summed E-state index contributed by atoms with van der Waals surface area (Å²) in [6.07, 6.45) is 1.98. The molecule has 1 aliphatic heterocycles. The first kappa shape index (κ1) is 16.5. The van der Waals surface area contributed by atoms with E-state index in [1.54, 1.807) is 6.07 Å². The van der Waals surface area contributed by atoms with Crippen LogP contribution in [0.1, 0.15) is 26.3 Å². The van der Waals surface area contributed by atoms with Gasteiger partial charge >= 0.3 is 0 Å². The van der Waals surface area contributed by atoms with E-state index in [0.29, 0.717) is 24.2 Å². The highest BCUT2D eigenvalue weighted by Crippen LogP contribution is 2.31. The first-order valence-corrected chi connectivity index (χ1v) is 8.73. The lowest BCUT2D eigenvalue weighted by molar-refractivity contribution is 0.0645. The van der Waals surface area contributed by atoms with Crippen LogP contribution in [0, 0.1) is 0 Å². The highest BCUT2D eigenvalue weighted by Gasteiger charge is 2.37. The minimum atomic E-state index is -0.190. The van der Waals surface area contributed by atoms with Gasteiger partial charge in [-0.3, -0.25) is 14.5 Å². The van der Waals surface area contributed by atoms with Gasteiger partial charge in [0, 0.05) is 36.7 Å². The number of carbonyl (C=O) groups is 2. The summed E-state index contributed by atoms with van der Waals surface area (Å²) in [4.78, 5) is 28.8. The standard InChI is InChI=1S/C21H21N3O2/c1-22(2)12-13-24-20(25)17-8-9-18-16(19(17)21(24)26)10-11-23(18)14-15-6-4-3-5-7-15/h3-11H,12-14H2,1-2H3. The number of rotatable bonds is 5. The number of carbonyl (C=O) groups excluding carboxylic acids is 2. The molecule has 26 heavy (non-hydrogen) atoms. The largest absolute Gasteiger partial charge is 0.343 e. The van der Waals surface area contributed by atoms with Crippen LogP contribution in [0.25, 0.3) is 10.9 Å². The molecular formula is C21H21N3O2. The monoisotopic (exact) mass is 347 g/mol. The fraction of sp³-hybridized carbons (Fsp3) is 0.238. The Kier molecular flexibility index (Phi) is 4.09. The fourth-order valence-corrected chi connectivity index (χ4v) is 3.47. The number of hydrogen-bond donors (Lipinski definition) is 0. The summed E-state index contributed by atoms with van der Waals surface area (Å²) in [5.74, 6) is -0.375. The molecule has 3 aromatic rings. The first-order chi connectivity index (χ1) is 12.6. The highest BCUT2D eigenvalue weighted by molar-refractivity contribution is 6.26. The maximum absolute atomic E-state index is 12.9. The van der Waals surface area contributed by atoms with Crippen molar-refractivity contribution >= 4 is 22.7 Å². The van der Waals surface area contributed by atoms with E-state index >= 15 is 0 Å². The summed E-state index contributed by atoms with van der Waals surface area (Å²) < 4.78 is 2.12. The molecule has 0 N–H and O–H groups in total. The molecule has 2 amide bonds. The summed E-state index contributed by atoms with van der Waals surface area (Å²) in [5, 5.41) is 0.851. The van der Waals surface area contributed by atoms with Crippen LogP contribution >= 0.6 is 0 Å². The van der Waals surface area contributed by atoms with Crippen LogP contribution in [0.3, 0.4) is 0 Å². The maximum atomic E-state index is 12.9. The van der Waals surface area contributed by atoms with Gasteiger partial charge in [-0.15, -0.1) is 0 Å². The van der Waals surface area contributed by atoms with Gasteiger partial charge in [-0.2, -0.15) is 0 Å². The maximum Gasteiger partial charge on any atom is 0.262 e. The van der Waals surface area contributed by atoms with Crippen molar-refractivity contribution in [3.05, 3.63) is 71.4 Å². The second-order valence-electron chi connectivity index (χ2n) is 6.92. The Morgan fingerprint density at radius 3 is 2.42 bits per heavy atom. The van der Waals surface area contributed by atoms with Crippen molar-refractivity contribution in [3.63, 3.8) is 0 Å². The molecule has 0 bridgehead atoms. The van der Waals surface area contributed by atoms with E-state index in [1.165, 1.54) is 10.5 Å². The molecule has 4 rings (SSSR count). The van der Waals surface area contributed by atoms with E-state index in [0.717, 1.165) is 17.4 Å². The number of imide groups is 1. The summed E-state index contributed by atoms with van der Waals surface area (Å²) in [7, 11) is 3.86. The topological polar surface area (TPSA) is 45.5 Å². The van der Waals surface area contributed by atoms with Crippen molar-refractivity contribution in [1.82, 2.24) is 14.4 Å². The average molecular weight is 347 g/mol. The summed E-state index contributed by atoms with van der Waals surface area (Å²) in [6.45, 7) is 1.80. The third-order valence-corrected chi connectivity index (χ3v) is 4.85. The molecule has 5 nitrogen and oxygen atoms in total. The van der Waals surface area contributed by atoms with Crippen LogP contribution in [0.15, 0.2) is 54.7 Å². The van der Waals surface area contributed by atoms with E-state index in [-0.39, 0.29) is 11.8 Å². The third-order valence-electron chi connectivity index (χ3n) is 4.85. The zero-order valence-electron chi connectivity index (χ0n) is 15.0. The highest BCUT2D eigenvalue weighted by atomic mass is 16.2. The normalized spacial score (nSPS) is 13.9. The van der Waals surface area contributed by atoms with Crippen molar-refractivity contribution < 1.29 is 9.59 Å². The second-order valence-corrected chi connectivity index (χ2v) is 6.92. The van der Waals surface area contributed by atoms with Gasteiger partial charge in [0.05, 0.1) is 11.1 Å². The number of aromatic nitrogens is 1. The Morgan fingerprint density at radius 2 is 1.69 bits per heavy atom. The number of hydrogen-bond acceptors (Lipinski definition) is 3. The van der Waals surface area contributed by atoms with Crippen molar-refractivity contribution in [2.24, 2.45) is 0 Å². The molecule has 0 atom stereocenters. The van der Waals surface area contributed by atoms with Crippen LogP contribution in [-0.4, -0.2) is 53.4 Å². The number of likely N-dealkylation sites (N-methyl/N-ethyl adjacent to an activating group) is 1. The molecule has 0 saturated heterocycles. The molecule has 2 heterocycles. The van der Waals surface area contributed by atoms with Crippen LogP contribution in [0.4, 0.5) is 0 Å². The molecule has 1 aromatic heterocycles. The third kappa shape index (κ3) is 2.70. The SMILES string of the molecule is CN(C)CCN1C(=O)c2ccc3c(ccn3Cc3ccccc3)c2C1=O. The average Bonchev–Trinajstić information content (AvgIpc) is 3.14. The number of fused-ring (bicyclic) bond motifs is 3. The summed E-state index contributed by atoms with van der Waals surface area (Å²) in [5.41, 5.74) is 3.22. The Morgan fingerprint density at radius 1 is 0.923 bits per heavy atom. The summed E-state index contributed by atoms with van der Waals surface area (Å²) in [6, 6.07) is 15.9. The van der Waals surface area contributed by atoms with Crippen molar-refractivity contribution in [2.45, 2.75) is 6.54 Å². The Hall–Kier alpha value is -2.92. The second kappa shape index (κ2) is 6.42. The fourth-order valence-electron chi connectivity index (χ4n) is 3.47. The zero-order chi connectivity index (χ0) is 18.3. The zero-order valence-corrected chi connectivity index (χ0v) is 15.0. The lowest BCUT2D eigenvalue weighted by Gasteiger charge is -2.16. The Bertz CT molecular complexity index is 989. The molecule has 132 valence electrons. The molecule has 0 aliphatic carbocycles. The van der Waals surface area contributed by atoms with Crippen LogP contribution in [-0.2, 0) is 6.54 Å². The molecule has 5 heteroatoms. The Balaban J connectivity index is 1.71. The van der Waals surface area contributed by atoms with Gasteiger partial charge in [0.25, 0.3) is 11.8 Å². The van der Waals surface area contributed by atoms with E-state index < -0.39 is 0 Å². The van der Waals surface area contributed by atoms with Gasteiger partial charge in [-0.1, -0.05) is 30.3 Å². The van der Waals surface area contributed by atoms with Gasteiger partial charge in [-0.05, 0) is 37.9 Å². The molecule has 0 unspecified atom stereocenters. The molecule has 0 spiro atoms. The van der Waals surface area contributed by atoms with Crippen LogP contribution < -0.4 is 0 Å². The number of amides is 2. The number of nitrogens with zero attached hydrogens (tertiary/aromatic N) is 3. The quantitative estimate of drug-likeness (QED) is 0.667. The Labute approximate surface area is 152 Å². The van der Waals surface area contributed by atoms with Gasteiger partial charge in [0.2, 0.25) is 0 Å². The predicted octanol–water partition coefficient (Wildman–Crippen LogP) is 2.85. The van der Waals surface area contributed by atoms with Gasteiger partial charge < -0.3 is 9.47 Å². The van der Waals surface area contributed by atoms with Crippen LogP contribution in [0.5, 0.6) is 0 Å². The molecule has 1 aliphatic rings. The summed E-state index contributed by atoms with van der Waals surface area (Å²) >= 11 is 0. The lowest BCUT2D eigenvalue weighted by atomic mass is 10.1. The van der Waals surface area contributed by atoms with Gasteiger partial charge in [-0.25, -0.2) is 0 Å².